The van der Waals surface area contributed by atoms with Gasteiger partial charge in [-0.25, -0.2) is 9.00 Å². The summed E-state index contributed by atoms with van der Waals surface area (Å²) in [5.74, 6) is -1.58. The van der Waals surface area contributed by atoms with E-state index in [-0.39, 0.29) is 59.1 Å². The van der Waals surface area contributed by atoms with Gasteiger partial charge in [0, 0.05) is 0 Å². The van der Waals surface area contributed by atoms with Crippen molar-refractivity contribution in [3.05, 3.63) is 0 Å². The number of carboxylic acid groups (broad SMARTS) is 1. The van der Waals surface area contributed by atoms with E-state index < -0.39 is 22.3 Å². The van der Waals surface area contributed by atoms with Crippen LogP contribution in [0.4, 0.5) is 0 Å². The first kappa shape index (κ1) is 16.7. The third kappa shape index (κ3) is 9.32. The summed E-state index contributed by atoms with van der Waals surface area (Å²) in [6, 6.07) is 0. The Bertz CT molecular complexity index is 140. The number of aliphatic carboxylic acids is 1. The van der Waals surface area contributed by atoms with Gasteiger partial charge in [0.25, 0.3) is 5.05 Å². The Hall–Kier alpha value is 1.32. The molecule has 0 rings (SSSR count). The van der Waals surface area contributed by atoms with Crippen LogP contribution in [0.15, 0.2) is 0 Å². The molecule has 0 saturated carbocycles. The fourth-order valence-corrected chi connectivity index (χ4v) is 0.107. The molecule has 0 aromatic rings. The first-order valence-electron chi connectivity index (χ1n) is 1.27. The van der Waals surface area contributed by atoms with Gasteiger partial charge in [-0.1, -0.05) is 0 Å². The Morgan fingerprint density at radius 2 is 1.56 bits per heavy atom. The molecule has 0 bridgehead atoms. The molecule has 2 N–H and O–H groups in total. The van der Waals surface area contributed by atoms with Gasteiger partial charge in [0.2, 0.25) is 0 Å². The zero-order valence-electron chi connectivity index (χ0n) is 3.12. The van der Waals surface area contributed by atoms with Gasteiger partial charge in [-0.15, -0.1) is 0 Å². The van der Waals surface area contributed by atoms with Gasteiger partial charge in [0.1, 0.15) is 11.3 Å². The van der Waals surface area contributed by atoms with Crippen molar-refractivity contribution < 1.29 is 19.2 Å². The van der Waals surface area contributed by atoms with E-state index in [1.54, 1.807) is 0 Å². The molecule has 0 radical (unpaired) electrons. The maximum absolute atomic E-state index is 9.42. The topological polar surface area (TPSA) is 74.6 Å². The van der Waals surface area contributed by atoms with Crippen LogP contribution in [0.5, 0.6) is 0 Å². The molecule has 0 fully saturated rings. The Labute approximate surface area is 99.3 Å². The van der Waals surface area contributed by atoms with E-state index in [0.717, 1.165) is 0 Å². The van der Waals surface area contributed by atoms with Gasteiger partial charge in [0.15, 0.2) is 0 Å². The molecule has 0 aliphatic carbocycles. The summed E-state index contributed by atoms with van der Waals surface area (Å²) in [5.41, 5.74) is 0. The van der Waals surface area contributed by atoms with E-state index in [1.807, 2.05) is 0 Å². The summed E-state index contributed by atoms with van der Waals surface area (Å²) < 4.78 is 9.32. The number of hydrogen-bond donors (Lipinski definition) is 2. The molecule has 7 heteroatoms. The van der Waals surface area contributed by atoms with E-state index in [2.05, 4.69) is 0 Å². The molecule has 0 spiro atoms. The van der Waals surface area contributed by atoms with Crippen molar-refractivity contribution in [2.24, 2.45) is 0 Å². The number of carboxylic acids is 1. The molecule has 4 nitrogen and oxygen atoms in total. The number of carbonyl (C=O) groups is 1. The SMILES string of the molecule is O=S=C(O)C(=O)O.[NaH].[NaH]. The van der Waals surface area contributed by atoms with Crippen LogP contribution >= 0.6 is 0 Å². The van der Waals surface area contributed by atoms with Crippen LogP contribution in [0, 0.1) is 0 Å². The molecule has 9 heavy (non-hydrogen) atoms. The van der Waals surface area contributed by atoms with E-state index >= 15 is 0 Å². The summed E-state index contributed by atoms with van der Waals surface area (Å²) in [6.45, 7) is 0. The Kier molecular flexibility index (Phi) is 17.3. The zero-order valence-corrected chi connectivity index (χ0v) is 3.94. The van der Waals surface area contributed by atoms with Crippen molar-refractivity contribution in [3.63, 3.8) is 0 Å². The van der Waals surface area contributed by atoms with Gasteiger partial charge >= 0.3 is 65.1 Å². The molecule has 0 aliphatic heterocycles. The molecular weight excluding hydrogens is 166 g/mol. The third-order valence-corrected chi connectivity index (χ3v) is 0.594. The summed E-state index contributed by atoms with van der Waals surface area (Å²) in [6.07, 6.45) is 0. The summed E-state index contributed by atoms with van der Waals surface area (Å²) >= 11 is -0.444. The minimum atomic E-state index is -1.58. The van der Waals surface area contributed by atoms with Crippen molar-refractivity contribution >= 4 is 81.4 Å². The van der Waals surface area contributed by atoms with E-state index in [0.29, 0.717) is 0 Å². The first-order valence-corrected chi connectivity index (χ1v) is 2.01. The second-order valence-electron chi connectivity index (χ2n) is 0.694. The van der Waals surface area contributed by atoms with E-state index in [4.69, 9.17) is 10.2 Å². The second-order valence-corrected chi connectivity index (χ2v) is 1.25. The molecule has 0 aromatic heterocycles. The molecule has 0 heterocycles. The summed E-state index contributed by atoms with van der Waals surface area (Å²) in [4.78, 5) is 9.42. The Balaban J connectivity index is -0.000000180. The van der Waals surface area contributed by atoms with Crippen LogP contribution < -0.4 is 0 Å². The fourth-order valence-electron chi connectivity index (χ4n) is 0.0356. The normalized spacial score (nSPS) is 5.89. The average molecular weight is 170 g/mol. The van der Waals surface area contributed by atoms with Crippen LogP contribution in [-0.2, 0) is 16.1 Å². The molecule has 0 amide bonds. The van der Waals surface area contributed by atoms with Gasteiger partial charge in [-0.3, -0.25) is 0 Å². The van der Waals surface area contributed by atoms with Crippen molar-refractivity contribution in [1.82, 2.24) is 0 Å². The molecular formula is C2H4Na2O4S. The molecule has 44 valence electrons. The molecule has 0 saturated heterocycles. The fraction of sp³-hybridized carbons (Fsp3) is 0. The van der Waals surface area contributed by atoms with Crippen LogP contribution in [0.25, 0.3) is 0 Å². The van der Waals surface area contributed by atoms with Crippen molar-refractivity contribution in [2.75, 3.05) is 0 Å². The van der Waals surface area contributed by atoms with Crippen LogP contribution in [0.1, 0.15) is 0 Å². The third-order valence-electron chi connectivity index (χ3n) is 0.262. The van der Waals surface area contributed by atoms with Gasteiger partial charge in [0.05, 0.1) is 0 Å². The molecule has 0 aromatic carbocycles. The van der Waals surface area contributed by atoms with Crippen molar-refractivity contribution in [3.8, 4) is 0 Å². The number of rotatable bonds is 0. The predicted octanol–water partition coefficient (Wildman–Crippen LogP) is -2.33. The summed E-state index contributed by atoms with van der Waals surface area (Å²) in [5, 5.41) is 14.5. The minimum absolute atomic E-state index is 0. The van der Waals surface area contributed by atoms with Gasteiger partial charge in [-0.2, -0.15) is 0 Å². The van der Waals surface area contributed by atoms with Gasteiger partial charge in [-0.05, 0) is 0 Å². The summed E-state index contributed by atoms with van der Waals surface area (Å²) in [7, 11) is 0. The Morgan fingerprint density at radius 1 is 1.22 bits per heavy atom. The standard InChI is InChI=1S/C2H2O4S.2Na.2H/c3-1(4)2(5)7-6;;;;/h5H,(H,3,4);;;;. The predicted molar refractivity (Wildman–Crippen MR) is 37.7 cm³/mol. The Morgan fingerprint density at radius 3 is 1.56 bits per heavy atom. The number of aliphatic hydroxyl groups excluding tert-OH is 1. The van der Waals surface area contributed by atoms with Crippen LogP contribution in [0.3, 0.4) is 0 Å². The molecule has 0 atom stereocenters. The van der Waals surface area contributed by atoms with Crippen molar-refractivity contribution in [2.45, 2.75) is 0 Å². The molecule has 0 aliphatic rings. The number of aliphatic hydroxyl groups is 1. The van der Waals surface area contributed by atoms with E-state index in [9.17, 15) is 9.00 Å². The average Bonchev–Trinajstić information content (AvgIpc) is 1.65. The first-order chi connectivity index (χ1) is 3.18. The van der Waals surface area contributed by atoms with E-state index in [1.165, 1.54) is 0 Å². The molecule has 0 unspecified atom stereocenters. The maximum atomic E-state index is 9.42. The van der Waals surface area contributed by atoms with Crippen LogP contribution in [-0.4, -0.2) is 84.6 Å². The zero-order chi connectivity index (χ0) is 5.86. The van der Waals surface area contributed by atoms with Crippen molar-refractivity contribution in [1.29, 1.82) is 0 Å². The quantitative estimate of drug-likeness (QED) is 0.316. The monoisotopic (exact) mass is 170 g/mol. The number of hydrogen-bond acceptors (Lipinski definition) is 2. The van der Waals surface area contributed by atoms with Crippen LogP contribution in [0.2, 0.25) is 0 Å². The van der Waals surface area contributed by atoms with Gasteiger partial charge < -0.3 is 10.2 Å². The second kappa shape index (κ2) is 9.32.